The van der Waals surface area contributed by atoms with Gasteiger partial charge in [-0.2, -0.15) is 10.1 Å². The normalized spacial score (nSPS) is 19.1. The molecule has 1 atom stereocenters. The highest BCUT2D eigenvalue weighted by Crippen LogP contribution is 2.26. The van der Waals surface area contributed by atoms with Crippen LogP contribution in [0.5, 0.6) is 0 Å². The predicted molar refractivity (Wildman–Crippen MR) is 77.0 cm³/mol. The van der Waals surface area contributed by atoms with Gasteiger partial charge in [-0.1, -0.05) is 20.8 Å². The van der Waals surface area contributed by atoms with Crippen LogP contribution in [-0.4, -0.2) is 49.6 Å². The number of H-pyrrole nitrogens is 1. The summed E-state index contributed by atoms with van der Waals surface area (Å²) >= 11 is 1.58. The van der Waals surface area contributed by atoms with Gasteiger partial charge in [-0.05, 0) is 5.41 Å². The Balaban J connectivity index is 1.99. The SMILES string of the molecule is CC(C)(C)CC(=O)N1CSC[C@H]1C(=O)Nc1ncn[nH]1. The number of anilines is 1. The molecule has 2 amide bonds. The molecule has 0 aromatic carbocycles. The monoisotopic (exact) mass is 297 g/mol. The van der Waals surface area contributed by atoms with Crippen LogP contribution in [0.3, 0.4) is 0 Å². The van der Waals surface area contributed by atoms with Gasteiger partial charge in [0.15, 0.2) is 0 Å². The molecule has 110 valence electrons. The minimum atomic E-state index is -0.444. The summed E-state index contributed by atoms with van der Waals surface area (Å²) < 4.78 is 0. The Kier molecular flexibility index (Phi) is 4.32. The predicted octanol–water partition coefficient (Wildman–Crippen LogP) is 1.08. The third kappa shape index (κ3) is 3.72. The van der Waals surface area contributed by atoms with Crippen molar-refractivity contribution in [2.75, 3.05) is 16.9 Å². The van der Waals surface area contributed by atoms with E-state index in [-0.39, 0.29) is 17.2 Å². The first-order valence-electron chi connectivity index (χ1n) is 6.40. The summed E-state index contributed by atoms with van der Waals surface area (Å²) in [5.74, 6) is 1.25. The van der Waals surface area contributed by atoms with Crippen molar-refractivity contribution in [3.63, 3.8) is 0 Å². The summed E-state index contributed by atoms with van der Waals surface area (Å²) in [5, 5.41) is 8.87. The minimum absolute atomic E-state index is 0.0141. The van der Waals surface area contributed by atoms with Crippen LogP contribution < -0.4 is 5.32 Å². The fourth-order valence-electron chi connectivity index (χ4n) is 1.93. The first-order valence-corrected chi connectivity index (χ1v) is 7.56. The van der Waals surface area contributed by atoms with Crippen molar-refractivity contribution in [2.24, 2.45) is 5.41 Å². The Morgan fingerprint density at radius 3 is 2.90 bits per heavy atom. The number of nitrogens with zero attached hydrogens (tertiary/aromatic N) is 3. The van der Waals surface area contributed by atoms with Gasteiger partial charge in [0, 0.05) is 12.2 Å². The van der Waals surface area contributed by atoms with E-state index < -0.39 is 6.04 Å². The van der Waals surface area contributed by atoms with Gasteiger partial charge in [0.05, 0.1) is 5.88 Å². The maximum absolute atomic E-state index is 12.3. The highest BCUT2D eigenvalue weighted by molar-refractivity contribution is 7.99. The van der Waals surface area contributed by atoms with Crippen molar-refractivity contribution in [1.29, 1.82) is 0 Å². The number of aromatic nitrogens is 3. The van der Waals surface area contributed by atoms with Crippen LogP contribution in [-0.2, 0) is 9.59 Å². The Bertz CT molecular complexity index is 483. The zero-order valence-electron chi connectivity index (χ0n) is 11.8. The molecule has 0 saturated carbocycles. The number of rotatable bonds is 3. The van der Waals surface area contributed by atoms with Crippen LogP contribution >= 0.6 is 11.8 Å². The van der Waals surface area contributed by atoms with Gasteiger partial charge in [-0.3, -0.25) is 14.9 Å². The standard InChI is InChI=1S/C12H19N5O2S/c1-12(2,3)4-9(18)17-7-20-5-8(17)10(19)15-11-13-6-14-16-11/h6,8H,4-5,7H2,1-3H3,(H2,13,14,15,16,19)/t8-/m0/s1. The van der Waals surface area contributed by atoms with Crippen molar-refractivity contribution in [3.05, 3.63) is 6.33 Å². The number of hydrogen-bond acceptors (Lipinski definition) is 5. The summed E-state index contributed by atoms with van der Waals surface area (Å²) in [6.07, 6.45) is 1.75. The number of carbonyl (C=O) groups excluding carboxylic acids is 2. The Hall–Kier alpha value is -1.57. The summed E-state index contributed by atoms with van der Waals surface area (Å²) in [7, 11) is 0. The fraction of sp³-hybridized carbons (Fsp3) is 0.667. The minimum Gasteiger partial charge on any atom is -0.321 e. The quantitative estimate of drug-likeness (QED) is 0.871. The van der Waals surface area contributed by atoms with Crippen LogP contribution in [0, 0.1) is 5.41 Å². The summed E-state index contributed by atoms with van der Waals surface area (Å²) in [6, 6.07) is -0.444. The zero-order chi connectivity index (χ0) is 14.8. The van der Waals surface area contributed by atoms with Crippen molar-refractivity contribution in [1.82, 2.24) is 20.1 Å². The van der Waals surface area contributed by atoms with Gasteiger partial charge < -0.3 is 4.90 Å². The lowest BCUT2D eigenvalue weighted by Gasteiger charge is -2.26. The average molecular weight is 297 g/mol. The molecule has 2 rings (SSSR count). The second-order valence-electron chi connectivity index (χ2n) is 5.94. The van der Waals surface area contributed by atoms with Crippen LogP contribution in [0.15, 0.2) is 6.33 Å². The van der Waals surface area contributed by atoms with Gasteiger partial charge in [0.2, 0.25) is 17.8 Å². The number of nitrogens with one attached hydrogen (secondary N) is 2. The van der Waals surface area contributed by atoms with Crippen molar-refractivity contribution in [3.8, 4) is 0 Å². The third-order valence-corrected chi connectivity index (χ3v) is 3.86. The lowest BCUT2D eigenvalue weighted by Crippen LogP contribution is -2.45. The molecule has 0 bridgehead atoms. The molecule has 0 unspecified atom stereocenters. The number of hydrogen-bond donors (Lipinski definition) is 2. The van der Waals surface area contributed by atoms with Crippen molar-refractivity contribution < 1.29 is 9.59 Å². The summed E-state index contributed by atoms with van der Waals surface area (Å²) in [5.41, 5.74) is -0.0870. The molecule has 7 nitrogen and oxygen atoms in total. The van der Waals surface area contributed by atoms with Crippen molar-refractivity contribution in [2.45, 2.75) is 33.2 Å². The molecule has 2 heterocycles. The Morgan fingerprint density at radius 2 is 2.30 bits per heavy atom. The molecule has 8 heteroatoms. The van der Waals surface area contributed by atoms with E-state index in [2.05, 4.69) is 20.5 Å². The van der Waals surface area contributed by atoms with E-state index in [0.29, 0.717) is 24.0 Å². The second-order valence-corrected chi connectivity index (χ2v) is 6.94. The highest BCUT2D eigenvalue weighted by atomic mass is 32.2. The smallest absolute Gasteiger partial charge is 0.250 e. The lowest BCUT2D eigenvalue weighted by molar-refractivity contribution is -0.137. The van der Waals surface area contributed by atoms with E-state index in [1.165, 1.54) is 6.33 Å². The molecule has 1 aromatic rings. The number of amides is 2. The van der Waals surface area contributed by atoms with E-state index in [9.17, 15) is 9.59 Å². The summed E-state index contributed by atoms with van der Waals surface area (Å²) in [4.78, 5) is 30.0. The van der Waals surface area contributed by atoms with Gasteiger partial charge >= 0.3 is 0 Å². The molecule has 1 aromatic heterocycles. The van der Waals surface area contributed by atoms with Gasteiger partial charge in [0.25, 0.3) is 0 Å². The highest BCUT2D eigenvalue weighted by Gasteiger charge is 2.36. The third-order valence-electron chi connectivity index (χ3n) is 2.84. The van der Waals surface area contributed by atoms with Crippen LogP contribution in [0.1, 0.15) is 27.2 Å². The van der Waals surface area contributed by atoms with E-state index in [0.717, 1.165) is 0 Å². The molecule has 0 spiro atoms. The first kappa shape index (κ1) is 14.8. The zero-order valence-corrected chi connectivity index (χ0v) is 12.7. The number of carbonyl (C=O) groups is 2. The topological polar surface area (TPSA) is 91.0 Å². The second kappa shape index (κ2) is 5.82. The lowest BCUT2D eigenvalue weighted by atomic mass is 9.91. The van der Waals surface area contributed by atoms with Crippen LogP contribution in [0.4, 0.5) is 5.95 Å². The van der Waals surface area contributed by atoms with Crippen molar-refractivity contribution >= 4 is 29.5 Å². The summed E-state index contributed by atoms with van der Waals surface area (Å²) in [6.45, 7) is 6.03. The van der Waals surface area contributed by atoms with E-state index in [1.807, 2.05) is 20.8 Å². The molecule has 1 aliphatic rings. The molecule has 2 N–H and O–H groups in total. The van der Waals surface area contributed by atoms with E-state index >= 15 is 0 Å². The maximum Gasteiger partial charge on any atom is 0.250 e. The van der Waals surface area contributed by atoms with E-state index in [1.54, 1.807) is 16.7 Å². The Labute approximate surface area is 121 Å². The van der Waals surface area contributed by atoms with Gasteiger partial charge in [-0.15, -0.1) is 11.8 Å². The van der Waals surface area contributed by atoms with Crippen LogP contribution in [0.2, 0.25) is 0 Å². The van der Waals surface area contributed by atoms with Gasteiger partial charge in [0.1, 0.15) is 12.4 Å². The molecule has 1 aliphatic heterocycles. The molecule has 0 aliphatic carbocycles. The number of aromatic amines is 1. The first-order chi connectivity index (χ1) is 9.37. The fourth-order valence-corrected chi connectivity index (χ4v) is 3.11. The van der Waals surface area contributed by atoms with Crippen LogP contribution in [0.25, 0.3) is 0 Å². The molecule has 1 saturated heterocycles. The largest absolute Gasteiger partial charge is 0.321 e. The van der Waals surface area contributed by atoms with E-state index in [4.69, 9.17) is 0 Å². The molecule has 0 radical (unpaired) electrons. The molecular weight excluding hydrogens is 278 g/mol. The van der Waals surface area contributed by atoms with Gasteiger partial charge in [-0.25, -0.2) is 5.10 Å². The Morgan fingerprint density at radius 1 is 1.55 bits per heavy atom. The number of thioether (sulfide) groups is 1. The molecule has 1 fully saturated rings. The average Bonchev–Trinajstić information content (AvgIpc) is 2.96. The molecule has 20 heavy (non-hydrogen) atoms. The molecular formula is C12H19N5O2S. The maximum atomic E-state index is 12.3.